The smallest absolute Gasteiger partial charge is 0.358 e. The highest BCUT2D eigenvalue weighted by Gasteiger charge is 2.49. The lowest BCUT2D eigenvalue weighted by Gasteiger charge is -2.25. The van der Waals surface area contributed by atoms with Crippen LogP contribution in [0, 0.1) is 5.82 Å². The van der Waals surface area contributed by atoms with Gasteiger partial charge in [0.15, 0.2) is 17.1 Å². The van der Waals surface area contributed by atoms with E-state index in [2.05, 4.69) is 4.74 Å². The molecule has 9 nitrogen and oxygen atoms in total. The molecule has 0 aromatic carbocycles. The Morgan fingerprint density at radius 2 is 2.16 bits per heavy atom. The fourth-order valence-electron chi connectivity index (χ4n) is 2.84. The zero-order valence-corrected chi connectivity index (χ0v) is 14.5. The van der Waals surface area contributed by atoms with Gasteiger partial charge in [0.1, 0.15) is 4.90 Å². The van der Waals surface area contributed by atoms with Gasteiger partial charge in [0.25, 0.3) is 0 Å². The zero-order chi connectivity index (χ0) is 19.0. The van der Waals surface area contributed by atoms with Crippen LogP contribution in [-0.4, -0.2) is 53.4 Å². The predicted octanol–water partition coefficient (Wildman–Crippen LogP) is -0.0126. The molecule has 1 aromatic heterocycles. The van der Waals surface area contributed by atoms with Crippen LogP contribution in [0.15, 0.2) is 11.1 Å². The number of halogens is 1. The average Bonchev–Trinajstić information content (AvgIpc) is 3.01. The number of nitrogens with zero attached hydrogens (tertiary/aromatic N) is 1. The molecule has 0 bridgehead atoms. The summed E-state index contributed by atoms with van der Waals surface area (Å²) >= 11 is 0. The maximum atomic E-state index is 14.5. The summed E-state index contributed by atoms with van der Waals surface area (Å²) in [5.41, 5.74) is -2.83. The molecule has 2 atom stereocenters. The van der Waals surface area contributed by atoms with E-state index in [9.17, 15) is 27.5 Å². The van der Waals surface area contributed by atoms with Crippen LogP contribution < -0.4 is 4.72 Å². The van der Waals surface area contributed by atoms with Gasteiger partial charge in [0.2, 0.25) is 10.0 Å². The predicted molar refractivity (Wildman–Crippen MR) is 81.9 cm³/mol. The molecule has 0 aliphatic heterocycles. The van der Waals surface area contributed by atoms with Gasteiger partial charge in [-0.2, -0.15) is 0 Å². The minimum Gasteiger partial charge on any atom is -0.479 e. The number of carbonyl (C=O) groups excluding carboxylic acids is 1. The number of nitrogens with one attached hydrogen (secondary N) is 1. The normalized spacial score (nSPS) is 23.6. The van der Waals surface area contributed by atoms with Crippen LogP contribution in [0.2, 0.25) is 0 Å². The van der Waals surface area contributed by atoms with Gasteiger partial charge >= 0.3 is 11.9 Å². The minimum atomic E-state index is -4.51. The molecule has 1 fully saturated rings. The van der Waals surface area contributed by atoms with Gasteiger partial charge in [0.05, 0.1) is 12.6 Å². The molecule has 1 heterocycles. The Bertz CT molecular complexity index is 804. The average molecular weight is 378 g/mol. The van der Waals surface area contributed by atoms with Gasteiger partial charge < -0.3 is 19.5 Å². The summed E-state index contributed by atoms with van der Waals surface area (Å²) in [6.07, 6.45) is 1.14. The number of hydrogen-bond acceptors (Lipinski definition) is 6. The maximum Gasteiger partial charge on any atom is 0.358 e. The van der Waals surface area contributed by atoms with E-state index < -0.39 is 50.0 Å². The fourth-order valence-corrected chi connectivity index (χ4v) is 4.28. The van der Waals surface area contributed by atoms with E-state index in [4.69, 9.17) is 5.11 Å². The molecule has 0 radical (unpaired) electrons. The maximum absolute atomic E-state index is 14.5. The van der Waals surface area contributed by atoms with Crippen molar-refractivity contribution >= 4 is 22.0 Å². The number of ether oxygens (including phenoxy) is 1. The van der Waals surface area contributed by atoms with Crippen molar-refractivity contribution in [1.29, 1.82) is 0 Å². The Morgan fingerprint density at radius 3 is 2.72 bits per heavy atom. The van der Waals surface area contributed by atoms with Gasteiger partial charge in [-0.25, -0.2) is 27.1 Å². The summed E-state index contributed by atoms with van der Waals surface area (Å²) in [5.74, 6) is -3.88. The highest BCUT2D eigenvalue weighted by Crippen LogP contribution is 2.32. The van der Waals surface area contributed by atoms with E-state index in [0.29, 0.717) is 6.42 Å². The van der Waals surface area contributed by atoms with Gasteiger partial charge in [-0.3, -0.25) is 0 Å². The number of carboxylic acid groups (broad SMARTS) is 1. The fraction of sp³-hybridized carbons (Fsp3) is 0.571. The number of carboxylic acids is 1. The van der Waals surface area contributed by atoms with Crippen molar-refractivity contribution in [3.8, 4) is 0 Å². The lowest BCUT2D eigenvalue weighted by molar-refractivity contribution is -0.159. The Morgan fingerprint density at radius 1 is 1.52 bits per heavy atom. The number of hydrogen-bond donors (Lipinski definition) is 3. The molecule has 25 heavy (non-hydrogen) atoms. The number of carbonyl (C=O) groups is 2. The monoisotopic (exact) mass is 378 g/mol. The molecule has 0 amide bonds. The third-order valence-corrected chi connectivity index (χ3v) is 5.60. The summed E-state index contributed by atoms with van der Waals surface area (Å²) in [6.45, 7) is 1.50. The highest BCUT2D eigenvalue weighted by atomic mass is 32.2. The topological polar surface area (TPSA) is 135 Å². The Labute approximate surface area is 143 Å². The van der Waals surface area contributed by atoms with E-state index >= 15 is 0 Å². The van der Waals surface area contributed by atoms with Gasteiger partial charge in [0, 0.05) is 13.2 Å². The molecule has 2 rings (SSSR count). The summed E-state index contributed by atoms with van der Waals surface area (Å²) < 4.78 is 47.0. The van der Waals surface area contributed by atoms with E-state index in [0.717, 1.165) is 10.8 Å². The largest absolute Gasteiger partial charge is 0.479 e. The first-order valence-electron chi connectivity index (χ1n) is 7.54. The van der Waals surface area contributed by atoms with Crippen molar-refractivity contribution in [1.82, 2.24) is 9.29 Å². The Balaban J connectivity index is 2.37. The van der Waals surface area contributed by atoms with Gasteiger partial charge in [-0.1, -0.05) is 0 Å². The van der Waals surface area contributed by atoms with Crippen molar-refractivity contribution < 1.29 is 37.3 Å². The first-order valence-corrected chi connectivity index (χ1v) is 9.03. The number of sulfonamides is 1. The molecule has 0 saturated heterocycles. The number of rotatable bonds is 6. The number of aliphatic hydroxyl groups is 1. The lowest BCUT2D eigenvalue weighted by Crippen LogP contribution is -2.53. The lowest BCUT2D eigenvalue weighted by atomic mass is 9.99. The highest BCUT2D eigenvalue weighted by molar-refractivity contribution is 7.89. The molecule has 1 saturated carbocycles. The Kier molecular flexibility index (Phi) is 5.21. The van der Waals surface area contributed by atoms with Gasteiger partial charge in [-0.15, -0.1) is 0 Å². The van der Waals surface area contributed by atoms with E-state index in [-0.39, 0.29) is 19.4 Å². The molecule has 1 aliphatic carbocycles. The standard InChI is InChI=1S/C14H19FN2O7S/c1-3-24-12(18)11-10(15)8(7-17(11)2)25(22,23)16-9-5-4-6-14(9,21)13(19)20/h7,9,16,21H,3-6H2,1-2H3,(H,19,20). The van der Waals surface area contributed by atoms with Crippen LogP contribution in [0.4, 0.5) is 4.39 Å². The van der Waals surface area contributed by atoms with Crippen LogP contribution in [-0.2, 0) is 26.6 Å². The first kappa shape index (κ1) is 19.3. The second kappa shape index (κ2) is 6.73. The molecular weight excluding hydrogens is 359 g/mol. The van der Waals surface area contributed by atoms with Crippen molar-refractivity contribution in [3.63, 3.8) is 0 Å². The SMILES string of the molecule is CCOC(=O)c1c(F)c(S(=O)(=O)NC2CCCC2(O)C(=O)O)cn1C. The summed E-state index contributed by atoms with van der Waals surface area (Å²) in [7, 11) is -3.23. The summed E-state index contributed by atoms with van der Waals surface area (Å²) in [4.78, 5) is 22.1. The third kappa shape index (κ3) is 3.39. The molecule has 140 valence electrons. The van der Waals surface area contributed by atoms with Crippen molar-refractivity contribution in [2.24, 2.45) is 7.05 Å². The van der Waals surface area contributed by atoms with E-state index in [1.54, 1.807) is 0 Å². The van der Waals surface area contributed by atoms with Gasteiger partial charge in [-0.05, 0) is 26.2 Å². The van der Waals surface area contributed by atoms with E-state index in [1.165, 1.54) is 14.0 Å². The minimum absolute atomic E-state index is 0.0164. The molecule has 11 heteroatoms. The van der Waals surface area contributed by atoms with Crippen LogP contribution in [0.25, 0.3) is 0 Å². The van der Waals surface area contributed by atoms with Crippen molar-refractivity contribution in [2.75, 3.05) is 6.61 Å². The quantitative estimate of drug-likeness (QED) is 0.592. The second-order valence-electron chi connectivity index (χ2n) is 5.78. The molecular formula is C14H19FN2O7S. The number of aromatic nitrogens is 1. The number of aryl methyl sites for hydroxylation is 1. The molecule has 1 aromatic rings. The van der Waals surface area contributed by atoms with Crippen LogP contribution in [0.5, 0.6) is 0 Å². The number of aliphatic carboxylic acids is 1. The summed E-state index contributed by atoms with van der Waals surface area (Å²) in [6, 6.07) is -1.30. The third-order valence-electron chi connectivity index (χ3n) is 4.14. The molecule has 3 N–H and O–H groups in total. The number of esters is 1. The van der Waals surface area contributed by atoms with Crippen LogP contribution in [0.3, 0.4) is 0 Å². The van der Waals surface area contributed by atoms with Crippen molar-refractivity contribution in [3.05, 3.63) is 17.7 Å². The Hall–Kier alpha value is -1.98. The van der Waals surface area contributed by atoms with Crippen LogP contribution in [0.1, 0.15) is 36.7 Å². The summed E-state index contributed by atoms with van der Waals surface area (Å²) in [5, 5.41) is 19.2. The van der Waals surface area contributed by atoms with E-state index in [1.807, 2.05) is 4.72 Å². The molecule has 2 unspecified atom stereocenters. The van der Waals surface area contributed by atoms with Crippen molar-refractivity contribution in [2.45, 2.75) is 42.7 Å². The molecule has 1 aliphatic rings. The first-order chi connectivity index (χ1) is 11.5. The van der Waals surface area contributed by atoms with Crippen LogP contribution >= 0.6 is 0 Å². The zero-order valence-electron chi connectivity index (χ0n) is 13.7. The second-order valence-corrected chi connectivity index (χ2v) is 7.47. The molecule has 0 spiro atoms.